The van der Waals surface area contributed by atoms with Crippen LogP contribution in [0.3, 0.4) is 0 Å². The molecule has 1 fully saturated rings. The number of benzene rings is 2. The minimum atomic E-state index is -3.90. The Morgan fingerprint density at radius 2 is 1.68 bits per heavy atom. The molecule has 0 amide bonds. The van der Waals surface area contributed by atoms with Gasteiger partial charge in [-0.3, -0.25) is 0 Å². The van der Waals surface area contributed by atoms with Gasteiger partial charge in [0.2, 0.25) is 20.0 Å². The quantitative estimate of drug-likeness (QED) is 0.415. The maximum atomic E-state index is 13.5. The van der Waals surface area contributed by atoms with Crippen LogP contribution in [0.1, 0.15) is 23.3 Å². The van der Waals surface area contributed by atoms with Gasteiger partial charge in [0, 0.05) is 36.1 Å². The molecule has 1 N–H and O–H groups in total. The van der Waals surface area contributed by atoms with Crippen molar-refractivity contribution in [3.63, 3.8) is 0 Å². The minimum absolute atomic E-state index is 0.00644. The number of thiophene rings is 1. The summed E-state index contributed by atoms with van der Waals surface area (Å²) >= 11 is 7.44. The second-order valence-electron chi connectivity index (χ2n) is 7.94. The van der Waals surface area contributed by atoms with Crippen LogP contribution in [0.2, 0.25) is 5.02 Å². The largest absolute Gasteiger partial charge is 0.377 e. The van der Waals surface area contributed by atoms with E-state index < -0.39 is 20.0 Å². The van der Waals surface area contributed by atoms with E-state index in [-0.39, 0.29) is 35.5 Å². The van der Waals surface area contributed by atoms with Gasteiger partial charge >= 0.3 is 0 Å². The molecule has 1 saturated heterocycles. The number of hydrogen-bond donors (Lipinski definition) is 1. The van der Waals surface area contributed by atoms with Crippen molar-refractivity contribution in [2.45, 2.75) is 41.8 Å². The van der Waals surface area contributed by atoms with Crippen molar-refractivity contribution in [2.75, 3.05) is 13.2 Å². The summed E-state index contributed by atoms with van der Waals surface area (Å²) in [5, 5.41) is 2.47. The molecule has 0 spiro atoms. The van der Waals surface area contributed by atoms with Crippen LogP contribution in [0, 0.1) is 0 Å². The SMILES string of the molecule is O=S(=O)(NCC1CCCO1)c1ccc(S(=O)(=O)N(Cc2ccc(Cl)cc2)Cc2cccs2)cc1. The Kier molecular flexibility index (Phi) is 8.08. The fraction of sp³-hybridized carbons (Fsp3) is 0.304. The van der Waals surface area contributed by atoms with Gasteiger partial charge in [0.05, 0.1) is 15.9 Å². The van der Waals surface area contributed by atoms with Crippen LogP contribution < -0.4 is 4.72 Å². The molecule has 7 nitrogen and oxygen atoms in total. The van der Waals surface area contributed by atoms with Crippen molar-refractivity contribution in [2.24, 2.45) is 0 Å². The van der Waals surface area contributed by atoms with E-state index in [9.17, 15) is 16.8 Å². The molecule has 11 heteroatoms. The van der Waals surface area contributed by atoms with Gasteiger partial charge < -0.3 is 4.74 Å². The minimum Gasteiger partial charge on any atom is -0.377 e. The number of hydrogen-bond acceptors (Lipinski definition) is 6. The normalized spacial score (nSPS) is 16.8. The van der Waals surface area contributed by atoms with Crippen molar-refractivity contribution < 1.29 is 21.6 Å². The second kappa shape index (κ2) is 10.9. The average molecular weight is 541 g/mol. The molecule has 34 heavy (non-hydrogen) atoms. The van der Waals surface area contributed by atoms with Gasteiger partial charge in [0.25, 0.3) is 0 Å². The molecule has 1 aromatic heterocycles. The van der Waals surface area contributed by atoms with Crippen LogP contribution >= 0.6 is 22.9 Å². The fourth-order valence-corrected chi connectivity index (χ4v) is 7.03. The molecular weight excluding hydrogens is 516 g/mol. The van der Waals surface area contributed by atoms with Crippen molar-refractivity contribution in [3.8, 4) is 0 Å². The van der Waals surface area contributed by atoms with Crippen LogP contribution in [0.4, 0.5) is 0 Å². The zero-order valence-electron chi connectivity index (χ0n) is 18.3. The predicted molar refractivity (Wildman–Crippen MR) is 133 cm³/mol. The molecule has 3 aromatic rings. The van der Waals surface area contributed by atoms with Crippen molar-refractivity contribution in [3.05, 3.63) is 81.5 Å². The Morgan fingerprint density at radius 3 is 2.29 bits per heavy atom. The summed E-state index contributed by atoms with van der Waals surface area (Å²) in [7, 11) is -7.67. The molecule has 2 heterocycles. The molecule has 4 rings (SSSR count). The number of nitrogens with one attached hydrogen (secondary N) is 1. The van der Waals surface area contributed by atoms with Gasteiger partial charge in [-0.15, -0.1) is 11.3 Å². The lowest BCUT2D eigenvalue weighted by Crippen LogP contribution is -2.32. The number of rotatable bonds is 10. The smallest absolute Gasteiger partial charge is 0.243 e. The van der Waals surface area contributed by atoms with E-state index in [1.165, 1.54) is 39.9 Å². The molecule has 1 atom stereocenters. The molecule has 1 aliphatic heterocycles. The number of nitrogens with zero attached hydrogens (tertiary/aromatic N) is 1. The van der Waals surface area contributed by atoms with E-state index in [4.69, 9.17) is 16.3 Å². The summed E-state index contributed by atoms with van der Waals surface area (Å²) in [6.45, 7) is 1.18. The molecule has 1 unspecified atom stereocenters. The van der Waals surface area contributed by atoms with Crippen molar-refractivity contribution >= 4 is 43.0 Å². The van der Waals surface area contributed by atoms with Crippen LogP contribution in [0.25, 0.3) is 0 Å². The summed E-state index contributed by atoms with van der Waals surface area (Å²) in [6, 6.07) is 16.1. The Hall–Kier alpha value is -1.79. The average Bonchev–Trinajstić information content (AvgIpc) is 3.53. The van der Waals surface area contributed by atoms with Gasteiger partial charge in [0.1, 0.15) is 0 Å². The van der Waals surface area contributed by atoms with Crippen molar-refractivity contribution in [1.29, 1.82) is 0 Å². The zero-order chi connectivity index (χ0) is 24.2. The Labute approximate surface area is 209 Å². The highest BCUT2D eigenvalue weighted by molar-refractivity contribution is 7.89. The molecule has 0 bridgehead atoms. The highest BCUT2D eigenvalue weighted by atomic mass is 35.5. The van der Waals surface area contributed by atoms with Crippen molar-refractivity contribution in [1.82, 2.24) is 9.03 Å². The topological polar surface area (TPSA) is 92.8 Å². The highest BCUT2D eigenvalue weighted by Gasteiger charge is 2.27. The first kappa shape index (κ1) is 25.3. The van der Waals surface area contributed by atoms with Crippen LogP contribution in [-0.2, 0) is 37.9 Å². The fourth-order valence-electron chi connectivity index (χ4n) is 3.63. The lowest BCUT2D eigenvalue weighted by molar-refractivity contribution is 0.114. The monoisotopic (exact) mass is 540 g/mol. The van der Waals surface area contributed by atoms with Crippen LogP contribution in [-0.4, -0.2) is 40.4 Å². The van der Waals surface area contributed by atoms with E-state index in [2.05, 4.69) is 4.72 Å². The van der Waals surface area contributed by atoms with E-state index in [0.29, 0.717) is 11.6 Å². The maximum Gasteiger partial charge on any atom is 0.243 e. The van der Waals surface area contributed by atoms with Crippen LogP contribution in [0.15, 0.2) is 75.8 Å². The molecule has 182 valence electrons. The molecule has 0 aliphatic carbocycles. The first-order valence-corrected chi connectivity index (χ1v) is 14.9. The maximum absolute atomic E-state index is 13.5. The van der Waals surface area contributed by atoms with E-state index >= 15 is 0 Å². The summed E-state index contributed by atoms with van der Waals surface area (Å²) in [5.74, 6) is 0. The third-order valence-corrected chi connectivity index (χ3v) is 9.84. The highest BCUT2D eigenvalue weighted by Crippen LogP contribution is 2.25. The third-order valence-electron chi connectivity index (χ3n) is 5.48. The molecule has 0 saturated carbocycles. The van der Waals surface area contributed by atoms with Gasteiger partial charge in [-0.1, -0.05) is 29.8 Å². The lowest BCUT2D eigenvalue weighted by Gasteiger charge is -2.22. The summed E-state index contributed by atoms with van der Waals surface area (Å²) in [5.41, 5.74) is 0.794. The second-order valence-corrected chi connectivity index (χ2v) is 13.1. The summed E-state index contributed by atoms with van der Waals surface area (Å²) < 4.78 is 61.7. The predicted octanol–water partition coefficient (Wildman–Crippen LogP) is 4.25. The molecule has 0 radical (unpaired) electrons. The van der Waals surface area contributed by atoms with Gasteiger partial charge in [-0.25, -0.2) is 21.6 Å². The molecule has 2 aromatic carbocycles. The third kappa shape index (κ3) is 6.25. The number of sulfonamides is 2. The van der Waals surface area contributed by atoms with Gasteiger partial charge in [-0.05, 0) is 66.2 Å². The van der Waals surface area contributed by atoms with E-state index in [0.717, 1.165) is 23.3 Å². The Morgan fingerprint density at radius 1 is 0.971 bits per heavy atom. The first-order chi connectivity index (χ1) is 16.2. The van der Waals surface area contributed by atoms with E-state index in [1.807, 2.05) is 17.5 Å². The summed E-state index contributed by atoms with van der Waals surface area (Å²) in [6.07, 6.45) is 1.60. The Bertz CT molecular complexity index is 1290. The lowest BCUT2D eigenvalue weighted by atomic mass is 10.2. The standard InChI is InChI=1S/C23H25ClN2O5S3/c24-19-7-5-18(6-8-19)16-26(17-21-4-2-14-32-21)34(29,30)23-11-9-22(10-12-23)33(27,28)25-15-20-3-1-13-31-20/h2,4-12,14,20,25H,1,3,13,15-17H2. The summed E-state index contributed by atoms with van der Waals surface area (Å²) in [4.78, 5) is 0.929. The number of ether oxygens (including phenoxy) is 1. The Balaban J connectivity index is 1.54. The number of halogens is 1. The van der Waals surface area contributed by atoms with Gasteiger partial charge in [-0.2, -0.15) is 4.31 Å². The molecule has 1 aliphatic rings. The van der Waals surface area contributed by atoms with E-state index in [1.54, 1.807) is 24.3 Å². The van der Waals surface area contributed by atoms with Crippen LogP contribution in [0.5, 0.6) is 0 Å². The van der Waals surface area contributed by atoms with Gasteiger partial charge in [0.15, 0.2) is 0 Å². The first-order valence-electron chi connectivity index (χ1n) is 10.7. The molecular formula is C23H25ClN2O5S3. The zero-order valence-corrected chi connectivity index (χ0v) is 21.5.